The minimum absolute atomic E-state index is 0.0496. The highest BCUT2D eigenvalue weighted by molar-refractivity contribution is 5.94. The summed E-state index contributed by atoms with van der Waals surface area (Å²) in [5.74, 6) is -0.112. The van der Waals surface area contributed by atoms with Gasteiger partial charge in [0.1, 0.15) is 0 Å². The second-order valence-electron chi connectivity index (χ2n) is 5.26. The third kappa shape index (κ3) is 6.79. The number of unbranched alkanes of at least 4 members (excludes halogenated alkanes) is 1. The Morgan fingerprint density at radius 2 is 1.81 bits per heavy atom. The molecule has 5 nitrogen and oxygen atoms in total. The van der Waals surface area contributed by atoms with Crippen LogP contribution in [0.4, 0.5) is 5.69 Å². The molecular weight excluding hydrogens is 266 g/mol. The number of hydrogen-bond donors (Lipinski definition) is 3. The van der Waals surface area contributed by atoms with Crippen molar-refractivity contribution in [2.45, 2.75) is 39.7 Å². The third-order valence-corrected chi connectivity index (χ3v) is 2.87. The molecule has 0 aliphatic carbocycles. The van der Waals surface area contributed by atoms with Crippen molar-refractivity contribution < 1.29 is 9.59 Å². The Morgan fingerprint density at radius 1 is 1.14 bits per heavy atom. The molecule has 0 fully saturated rings. The van der Waals surface area contributed by atoms with Crippen LogP contribution in [0.5, 0.6) is 0 Å². The minimum Gasteiger partial charge on any atom is -0.376 e. The first-order chi connectivity index (χ1) is 10.0. The molecule has 2 amide bonds. The van der Waals surface area contributed by atoms with Gasteiger partial charge < -0.3 is 16.0 Å². The second kappa shape index (κ2) is 9.00. The first kappa shape index (κ1) is 17.0. The van der Waals surface area contributed by atoms with Gasteiger partial charge in [0.2, 0.25) is 5.91 Å². The van der Waals surface area contributed by atoms with E-state index in [0.29, 0.717) is 12.1 Å². The van der Waals surface area contributed by atoms with E-state index >= 15 is 0 Å². The Morgan fingerprint density at radius 3 is 2.38 bits per heavy atom. The summed E-state index contributed by atoms with van der Waals surface area (Å²) in [6, 6.07) is 7.25. The lowest BCUT2D eigenvalue weighted by molar-refractivity contribution is -0.119. The topological polar surface area (TPSA) is 70.2 Å². The first-order valence-electron chi connectivity index (χ1n) is 7.44. The summed E-state index contributed by atoms with van der Waals surface area (Å²) in [7, 11) is 0. The van der Waals surface area contributed by atoms with Crippen LogP contribution < -0.4 is 16.0 Å². The predicted molar refractivity (Wildman–Crippen MR) is 85.5 cm³/mol. The normalized spacial score (nSPS) is 10.3. The van der Waals surface area contributed by atoms with Gasteiger partial charge in [0.25, 0.3) is 5.91 Å². The molecule has 0 saturated carbocycles. The maximum Gasteiger partial charge on any atom is 0.251 e. The van der Waals surface area contributed by atoms with Gasteiger partial charge in [-0.1, -0.05) is 13.3 Å². The van der Waals surface area contributed by atoms with Gasteiger partial charge in [0, 0.05) is 23.8 Å². The van der Waals surface area contributed by atoms with Crippen LogP contribution in [-0.2, 0) is 4.79 Å². The summed E-state index contributed by atoms with van der Waals surface area (Å²) in [6.07, 6.45) is 2.04. The Labute approximate surface area is 126 Å². The molecule has 0 heterocycles. The van der Waals surface area contributed by atoms with Gasteiger partial charge in [0.15, 0.2) is 0 Å². The van der Waals surface area contributed by atoms with Gasteiger partial charge in [-0.2, -0.15) is 0 Å². The van der Waals surface area contributed by atoms with Crippen LogP contribution in [0.15, 0.2) is 24.3 Å². The minimum atomic E-state index is -0.0625. The van der Waals surface area contributed by atoms with Crippen LogP contribution in [0, 0.1) is 0 Å². The molecule has 0 radical (unpaired) electrons. The lowest BCUT2D eigenvalue weighted by Crippen LogP contribution is -2.34. The highest BCUT2D eigenvalue weighted by atomic mass is 16.2. The molecule has 1 rings (SSSR count). The van der Waals surface area contributed by atoms with Crippen molar-refractivity contribution in [3.8, 4) is 0 Å². The number of amides is 2. The van der Waals surface area contributed by atoms with Crippen LogP contribution in [0.3, 0.4) is 0 Å². The molecule has 0 aliphatic rings. The summed E-state index contributed by atoms with van der Waals surface area (Å²) in [5, 5.41) is 8.70. The molecule has 3 N–H and O–H groups in total. The quantitative estimate of drug-likeness (QED) is 0.643. The zero-order valence-corrected chi connectivity index (χ0v) is 13.0. The molecule has 0 unspecified atom stereocenters. The zero-order valence-electron chi connectivity index (χ0n) is 13.0. The van der Waals surface area contributed by atoms with E-state index in [1.165, 1.54) is 0 Å². The van der Waals surface area contributed by atoms with Gasteiger partial charge in [-0.05, 0) is 44.5 Å². The molecule has 0 spiro atoms. The average Bonchev–Trinajstić information content (AvgIpc) is 2.45. The molecule has 1 aromatic rings. The Bertz CT molecular complexity index is 455. The maximum absolute atomic E-state index is 11.8. The molecule has 0 saturated heterocycles. The molecule has 0 aliphatic heterocycles. The van der Waals surface area contributed by atoms with E-state index in [-0.39, 0.29) is 24.4 Å². The molecular formula is C16H25N3O2. The van der Waals surface area contributed by atoms with Crippen LogP contribution in [0.1, 0.15) is 44.0 Å². The monoisotopic (exact) mass is 291 g/mol. The maximum atomic E-state index is 11.8. The van der Waals surface area contributed by atoms with Gasteiger partial charge in [-0.15, -0.1) is 0 Å². The predicted octanol–water partition coefficient (Wildman–Crippen LogP) is 2.15. The lowest BCUT2D eigenvalue weighted by atomic mass is 10.2. The number of carbonyl (C=O) groups is 2. The Hall–Kier alpha value is -2.04. The van der Waals surface area contributed by atoms with Crippen molar-refractivity contribution in [2.24, 2.45) is 0 Å². The standard InChI is InChI=1S/C16H25N3O2/c1-4-5-10-17-16(21)13-6-8-14(9-7-13)18-11-15(20)19-12(2)3/h6-9,12,18H,4-5,10-11H2,1-3H3,(H,17,21)(H,19,20). The fourth-order valence-electron chi connectivity index (χ4n) is 1.78. The molecule has 5 heteroatoms. The van der Waals surface area contributed by atoms with Crippen LogP contribution in [0.2, 0.25) is 0 Å². The summed E-state index contributed by atoms with van der Waals surface area (Å²) < 4.78 is 0. The van der Waals surface area contributed by atoms with E-state index in [2.05, 4.69) is 22.9 Å². The number of carbonyl (C=O) groups excluding carboxylic acids is 2. The number of nitrogens with one attached hydrogen (secondary N) is 3. The van der Waals surface area contributed by atoms with Crippen molar-refractivity contribution in [2.75, 3.05) is 18.4 Å². The summed E-state index contributed by atoms with van der Waals surface area (Å²) in [5.41, 5.74) is 1.45. The summed E-state index contributed by atoms with van der Waals surface area (Å²) >= 11 is 0. The van der Waals surface area contributed by atoms with Crippen molar-refractivity contribution in [1.29, 1.82) is 0 Å². The average molecular weight is 291 g/mol. The zero-order chi connectivity index (χ0) is 15.7. The number of benzene rings is 1. The smallest absolute Gasteiger partial charge is 0.251 e. The fraction of sp³-hybridized carbons (Fsp3) is 0.500. The van der Waals surface area contributed by atoms with E-state index in [0.717, 1.165) is 18.5 Å². The van der Waals surface area contributed by atoms with E-state index < -0.39 is 0 Å². The van der Waals surface area contributed by atoms with Crippen LogP contribution in [-0.4, -0.2) is 30.9 Å². The van der Waals surface area contributed by atoms with Crippen molar-refractivity contribution in [1.82, 2.24) is 10.6 Å². The number of hydrogen-bond acceptors (Lipinski definition) is 3. The number of anilines is 1. The van der Waals surface area contributed by atoms with Crippen molar-refractivity contribution in [3.05, 3.63) is 29.8 Å². The third-order valence-electron chi connectivity index (χ3n) is 2.87. The first-order valence-corrected chi connectivity index (χ1v) is 7.44. The van der Waals surface area contributed by atoms with E-state index in [9.17, 15) is 9.59 Å². The van der Waals surface area contributed by atoms with Gasteiger partial charge in [-0.3, -0.25) is 9.59 Å². The summed E-state index contributed by atoms with van der Waals surface area (Å²) in [6.45, 7) is 6.85. The van der Waals surface area contributed by atoms with E-state index in [1.54, 1.807) is 24.3 Å². The molecule has 21 heavy (non-hydrogen) atoms. The molecule has 0 atom stereocenters. The summed E-state index contributed by atoms with van der Waals surface area (Å²) in [4.78, 5) is 23.3. The highest BCUT2D eigenvalue weighted by Gasteiger charge is 2.05. The van der Waals surface area contributed by atoms with Crippen molar-refractivity contribution in [3.63, 3.8) is 0 Å². The Balaban J connectivity index is 2.43. The van der Waals surface area contributed by atoms with E-state index in [4.69, 9.17) is 0 Å². The van der Waals surface area contributed by atoms with Gasteiger partial charge in [-0.25, -0.2) is 0 Å². The largest absolute Gasteiger partial charge is 0.376 e. The van der Waals surface area contributed by atoms with Gasteiger partial charge >= 0.3 is 0 Å². The fourth-order valence-corrected chi connectivity index (χ4v) is 1.78. The SMILES string of the molecule is CCCCNC(=O)c1ccc(NCC(=O)NC(C)C)cc1. The van der Waals surface area contributed by atoms with E-state index in [1.807, 2.05) is 13.8 Å². The molecule has 1 aromatic carbocycles. The second-order valence-corrected chi connectivity index (χ2v) is 5.26. The molecule has 0 aromatic heterocycles. The highest BCUT2D eigenvalue weighted by Crippen LogP contribution is 2.09. The Kier molecular flexibility index (Phi) is 7.29. The molecule has 116 valence electrons. The van der Waals surface area contributed by atoms with Crippen molar-refractivity contribution >= 4 is 17.5 Å². The number of rotatable bonds is 8. The van der Waals surface area contributed by atoms with Crippen LogP contribution in [0.25, 0.3) is 0 Å². The van der Waals surface area contributed by atoms with Gasteiger partial charge in [0.05, 0.1) is 6.54 Å². The lowest BCUT2D eigenvalue weighted by Gasteiger charge is -2.10. The van der Waals surface area contributed by atoms with Crippen LogP contribution >= 0.6 is 0 Å². The molecule has 0 bridgehead atoms.